The second-order valence-electron chi connectivity index (χ2n) is 6.37. The first-order chi connectivity index (χ1) is 14.9. The van der Waals surface area contributed by atoms with Gasteiger partial charge >= 0.3 is 0 Å². The number of nitrogens with one attached hydrogen (secondary N) is 2. The van der Waals surface area contributed by atoms with E-state index in [1.807, 2.05) is 24.3 Å². The molecule has 1 aromatic heterocycles. The summed E-state index contributed by atoms with van der Waals surface area (Å²) in [4.78, 5) is 17.4. The summed E-state index contributed by atoms with van der Waals surface area (Å²) in [6, 6.07) is 13.0. The molecule has 0 atom stereocenters. The Bertz CT molecular complexity index is 1340. The molecule has 0 spiro atoms. The minimum absolute atomic E-state index is 0.119. The van der Waals surface area contributed by atoms with E-state index >= 15 is 0 Å². The number of amides is 1. The summed E-state index contributed by atoms with van der Waals surface area (Å²) in [6.07, 6.45) is 0. The van der Waals surface area contributed by atoms with E-state index in [0.29, 0.717) is 37.2 Å². The van der Waals surface area contributed by atoms with Gasteiger partial charge in [0.2, 0.25) is 0 Å². The smallest absolute Gasteiger partial charge is 0.261 e. The number of carbonyl (C=O) groups is 1. The zero-order valence-corrected chi connectivity index (χ0v) is 20.3. The number of halogens is 2. The molecule has 1 heterocycles. The van der Waals surface area contributed by atoms with Gasteiger partial charge in [-0.05, 0) is 51.1 Å². The van der Waals surface area contributed by atoms with Gasteiger partial charge in [0, 0.05) is 6.07 Å². The van der Waals surface area contributed by atoms with E-state index in [0.717, 1.165) is 15.5 Å². The number of thiazole rings is 1. The highest BCUT2D eigenvalue weighted by molar-refractivity contribution is 9.10. The van der Waals surface area contributed by atoms with Gasteiger partial charge in [0.1, 0.15) is 11.5 Å². The van der Waals surface area contributed by atoms with Crippen molar-refractivity contribution in [1.29, 1.82) is 0 Å². The maximum atomic E-state index is 12.9. The predicted molar refractivity (Wildman–Crippen MR) is 133 cm³/mol. The van der Waals surface area contributed by atoms with Crippen LogP contribution in [0.5, 0.6) is 11.5 Å². The van der Waals surface area contributed by atoms with E-state index in [2.05, 4.69) is 31.5 Å². The largest absolute Gasteiger partial charge is 0.495 e. The zero-order valence-electron chi connectivity index (χ0n) is 16.3. The molecule has 0 fully saturated rings. The van der Waals surface area contributed by atoms with Crippen molar-refractivity contribution in [2.24, 2.45) is 0 Å². The minimum atomic E-state index is -0.397. The Hall–Kier alpha value is -2.46. The van der Waals surface area contributed by atoms with Crippen LogP contribution in [0.4, 0.5) is 5.13 Å². The lowest BCUT2D eigenvalue weighted by atomic mass is 10.1. The van der Waals surface area contributed by atoms with E-state index < -0.39 is 5.91 Å². The second kappa shape index (κ2) is 8.96. The molecule has 1 amide bonds. The Morgan fingerprint density at radius 3 is 2.71 bits per heavy atom. The van der Waals surface area contributed by atoms with E-state index in [-0.39, 0.29) is 5.11 Å². The summed E-state index contributed by atoms with van der Waals surface area (Å²) >= 11 is 16.4. The van der Waals surface area contributed by atoms with E-state index in [9.17, 15) is 4.79 Å². The molecule has 6 nitrogen and oxygen atoms in total. The van der Waals surface area contributed by atoms with Gasteiger partial charge in [0.15, 0.2) is 10.2 Å². The topological polar surface area (TPSA) is 72.5 Å². The van der Waals surface area contributed by atoms with Gasteiger partial charge in [0.05, 0.1) is 39.5 Å². The van der Waals surface area contributed by atoms with E-state index in [4.69, 9.17) is 33.3 Å². The molecule has 0 unspecified atom stereocenters. The highest BCUT2D eigenvalue weighted by Gasteiger charge is 2.19. The van der Waals surface area contributed by atoms with Crippen LogP contribution in [0.2, 0.25) is 5.02 Å². The number of thiocarbonyl (C=S) groups is 1. The minimum Gasteiger partial charge on any atom is -0.495 e. The average molecular weight is 537 g/mol. The molecule has 4 aromatic rings. The fourth-order valence-electron chi connectivity index (χ4n) is 3.09. The van der Waals surface area contributed by atoms with E-state index in [1.54, 1.807) is 25.3 Å². The first-order valence-electron chi connectivity index (χ1n) is 8.93. The van der Waals surface area contributed by atoms with Gasteiger partial charge in [0.25, 0.3) is 5.91 Å². The summed E-state index contributed by atoms with van der Waals surface area (Å²) < 4.78 is 12.3. The van der Waals surface area contributed by atoms with Crippen molar-refractivity contribution >= 4 is 88.2 Å². The number of fused-ring (bicyclic) bond motifs is 2. The molecule has 2 N–H and O–H groups in total. The molecule has 4 rings (SSSR count). The van der Waals surface area contributed by atoms with E-state index in [1.165, 1.54) is 18.4 Å². The molecule has 0 saturated heterocycles. The van der Waals surface area contributed by atoms with Crippen LogP contribution in [-0.4, -0.2) is 30.2 Å². The summed E-state index contributed by atoms with van der Waals surface area (Å²) in [7, 11) is 3.07. The molecular formula is C21H15BrClN3O3S2. The van der Waals surface area contributed by atoms with Crippen LogP contribution < -0.4 is 20.1 Å². The standard InChI is InChI=1S/C21H15BrClN3O3S2/c1-28-15-9-16-14(8-13(15)23)24-21(31-16)26-20(30)25-19(27)12-7-10-5-3-4-6-11(10)17(22)18(12)29-2/h3-9H,1-2H3,(H2,24,25,26,27,30). The summed E-state index contributed by atoms with van der Waals surface area (Å²) in [5, 5.41) is 8.59. The maximum absolute atomic E-state index is 12.9. The van der Waals surface area contributed by atoms with Crippen LogP contribution in [0.3, 0.4) is 0 Å². The van der Waals surface area contributed by atoms with Crippen molar-refractivity contribution < 1.29 is 14.3 Å². The van der Waals surface area contributed by atoms with Crippen LogP contribution >= 0.6 is 51.1 Å². The molecule has 0 bridgehead atoms. The number of hydrogen-bond acceptors (Lipinski definition) is 6. The molecule has 158 valence electrons. The monoisotopic (exact) mass is 535 g/mol. The molecule has 3 aromatic carbocycles. The molecule has 31 heavy (non-hydrogen) atoms. The lowest BCUT2D eigenvalue weighted by Gasteiger charge is -2.14. The average Bonchev–Trinajstić information content (AvgIpc) is 3.13. The quantitative estimate of drug-likeness (QED) is 0.311. The number of ether oxygens (including phenoxy) is 2. The highest BCUT2D eigenvalue weighted by atomic mass is 79.9. The first kappa shape index (κ1) is 21.8. The normalized spacial score (nSPS) is 10.8. The lowest BCUT2D eigenvalue weighted by Crippen LogP contribution is -2.34. The van der Waals surface area contributed by atoms with Crippen molar-refractivity contribution in [2.45, 2.75) is 0 Å². The van der Waals surface area contributed by atoms with Crippen molar-refractivity contribution in [1.82, 2.24) is 10.3 Å². The maximum Gasteiger partial charge on any atom is 0.261 e. The van der Waals surface area contributed by atoms with Gasteiger partial charge in [-0.25, -0.2) is 4.98 Å². The van der Waals surface area contributed by atoms with Crippen LogP contribution in [0.1, 0.15) is 10.4 Å². The second-order valence-corrected chi connectivity index (χ2v) is 9.01. The number of methoxy groups -OCH3 is 2. The van der Waals surface area contributed by atoms with Gasteiger partial charge < -0.3 is 14.8 Å². The van der Waals surface area contributed by atoms with Crippen LogP contribution in [0.15, 0.2) is 46.9 Å². The predicted octanol–water partition coefficient (Wildman–Crippen LogP) is 6.01. The third-order valence-corrected chi connectivity index (χ3v) is 6.72. The molecule has 0 aliphatic carbocycles. The van der Waals surface area contributed by atoms with Crippen LogP contribution in [-0.2, 0) is 0 Å². The Morgan fingerprint density at radius 2 is 1.97 bits per heavy atom. The van der Waals surface area contributed by atoms with Gasteiger partial charge in [-0.2, -0.15) is 0 Å². The Balaban J connectivity index is 1.56. The van der Waals surface area contributed by atoms with Crippen molar-refractivity contribution in [3.05, 3.63) is 57.5 Å². The number of hydrogen-bond donors (Lipinski definition) is 2. The third kappa shape index (κ3) is 4.31. The third-order valence-electron chi connectivity index (χ3n) is 4.50. The fourth-order valence-corrected chi connectivity index (χ4v) is 5.20. The first-order valence-corrected chi connectivity index (χ1v) is 11.3. The van der Waals surface area contributed by atoms with Gasteiger partial charge in [-0.1, -0.05) is 47.2 Å². The van der Waals surface area contributed by atoms with Crippen LogP contribution in [0.25, 0.3) is 21.0 Å². The lowest BCUT2D eigenvalue weighted by molar-refractivity contribution is 0.0975. The van der Waals surface area contributed by atoms with Crippen molar-refractivity contribution in [3.8, 4) is 11.5 Å². The number of nitrogens with zero attached hydrogens (tertiary/aromatic N) is 1. The van der Waals surface area contributed by atoms with Crippen molar-refractivity contribution in [3.63, 3.8) is 0 Å². The van der Waals surface area contributed by atoms with Gasteiger partial charge in [-0.15, -0.1) is 0 Å². The molecular weight excluding hydrogens is 522 g/mol. The molecule has 0 saturated carbocycles. The number of anilines is 1. The van der Waals surface area contributed by atoms with Crippen molar-refractivity contribution in [2.75, 3.05) is 19.5 Å². The van der Waals surface area contributed by atoms with Crippen LogP contribution in [0, 0.1) is 0 Å². The Morgan fingerprint density at radius 1 is 1.19 bits per heavy atom. The summed E-state index contributed by atoms with van der Waals surface area (Å²) in [5.74, 6) is 0.599. The Kier molecular flexibility index (Phi) is 6.29. The number of benzene rings is 3. The fraction of sp³-hybridized carbons (Fsp3) is 0.0952. The number of rotatable bonds is 4. The van der Waals surface area contributed by atoms with Gasteiger partial charge in [-0.3, -0.25) is 10.1 Å². The summed E-state index contributed by atoms with van der Waals surface area (Å²) in [6.45, 7) is 0. The Labute approximate surface area is 200 Å². The molecule has 0 radical (unpaired) electrons. The zero-order chi connectivity index (χ0) is 22.1. The number of aromatic nitrogens is 1. The SMILES string of the molecule is COc1cc2sc(NC(=S)NC(=O)c3cc4ccccc4c(Br)c3OC)nc2cc1Cl. The highest BCUT2D eigenvalue weighted by Crippen LogP contribution is 2.37. The number of carbonyl (C=O) groups excluding carboxylic acids is 1. The summed E-state index contributed by atoms with van der Waals surface area (Å²) in [5.41, 5.74) is 1.06. The molecule has 0 aliphatic heterocycles. The molecule has 0 aliphatic rings. The molecule has 10 heteroatoms.